The van der Waals surface area contributed by atoms with Crippen LogP contribution in [0.4, 0.5) is 0 Å². The lowest BCUT2D eigenvalue weighted by Gasteiger charge is -2.11. The van der Waals surface area contributed by atoms with Crippen LogP contribution in [0.25, 0.3) is 0 Å². The Morgan fingerprint density at radius 1 is 1.16 bits per heavy atom. The van der Waals surface area contributed by atoms with Crippen molar-refractivity contribution in [1.29, 1.82) is 0 Å². The van der Waals surface area contributed by atoms with Crippen molar-refractivity contribution >= 4 is 11.8 Å². The maximum Gasteiger partial charge on any atom is 0.138 e. The highest BCUT2D eigenvalue weighted by atomic mass is 32.2. The summed E-state index contributed by atoms with van der Waals surface area (Å²) in [6, 6.07) is 0. The molecule has 0 saturated heterocycles. The van der Waals surface area contributed by atoms with Gasteiger partial charge in [-0.1, -0.05) is 13.8 Å². The Morgan fingerprint density at radius 2 is 1.79 bits per heavy atom. The molecular weight excluding hydrogens is 254 g/mol. The van der Waals surface area contributed by atoms with Gasteiger partial charge in [0, 0.05) is 11.4 Å². The van der Waals surface area contributed by atoms with Crippen LogP contribution in [0.1, 0.15) is 43.0 Å². The van der Waals surface area contributed by atoms with Crippen LogP contribution in [0.15, 0.2) is 0 Å². The standard InChI is InChI=1S/C15H27N3S/c1-11(2)9-16-8-6-7-14-12(3)17-15(10-19-5)18-13(14)4/h11,16H,6-10H2,1-5H3. The van der Waals surface area contributed by atoms with Crippen molar-refractivity contribution in [3.05, 3.63) is 22.8 Å². The summed E-state index contributed by atoms with van der Waals surface area (Å²) in [5, 5.41) is 3.48. The van der Waals surface area contributed by atoms with Crippen LogP contribution in [-0.2, 0) is 12.2 Å². The zero-order valence-electron chi connectivity index (χ0n) is 12.9. The van der Waals surface area contributed by atoms with Crippen LogP contribution in [0.2, 0.25) is 0 Å². The van der Waals surface area contributed by atoms with E-state index in [1.165, 1.54) is 5.56 Å². The van der Waals surface area contributed by atoms with E-state index < -0.39 is 0 Å². The quantitative estimate of drug-likeness (QED) is 0.743. The van der Waals surface area contributed by atoms with Gasteiger partial charge < -0.3 is 5.32 Å². The molecule has 19 heavy (non-hydrogen) atoms. The Kier molecular flexibility index (Phi) is 7.39. The van der Waals surface area contributed by atoms with Crippen LogP contribution < -0.4 is 5.32 Å². The Morgan fingerprint density at radius 3 is 2.32 bits per heavy atom. The Labute approximate surface area is 122 Å². The van der Waals surface area contributed by atoms with Crippen molar-refractivity contribution in [2.24, 2.45) is 5.92 Å². The molecule has 108 valence electrons. The van der Waals surface area contributed by atoms with Gasteiger partial charge in [0.05, 0.1) is 5.75 Å². The summed E-state index contributed by atoms with van der Waals surface area (Å²) in [5.41, 5.74) is 3.64. The number of hydrogen-bond acceptors (Lipinski definition) is 4. The molecule has 1 heterocycles. The van der Waals surface area contributed by atoms with Crippen molar-refractivity contribution in [2.75, 3.05) is 19.3 Å². The fourth-order valence-corrected chi connectivity index (χ4v) is 2.53. The van der Waals surface area contributed by atoms with Gasteiger partial charge in [-0.05, 0) is 57.5 Å². The normalized spacial score (nSPS) is 11.3. The monoisotopic (exact) mass is 281 g/mol. The van der Waals surface area contributed by atoms with Gasteiger partial charge in [-0.15, -0.1) is 0 Å². The predicted molar refractivity (Wildman–Crippen MR) is 84.8 cm³/mol. The number of rotatable bonds is 8. The van der Waals surface area contributed by atoms with E-state index in [9.17, 15) is 0 Å². The molecule has 0 bridgehead atoms. The Balaban J connectivity index is 2.49. The Hall–Kier alpha value is -0.610. The van der Waals surface area contributed by atoms with E-state index in [4.69, 9.17) is 0 Å². The molecule has 3 nitrogen and oxygen atoms in total. The first-order chi connectivity index (χ1) is 9.04. The highest BCUT2D eigenvalue weighted by molar-refractivity contribution is 7.97. The Bertz CT molecular complexity index is 368. The smallest absolute Gasteiger partial charge is 0.138 e. The fraction of sp³-hybridized carbons (Fsp3) is 0.733. The zero-order chi connectivity index (χ0) is 14.3. The van der Waals surface area contributed by atoms with Crippen molar-refractivity contribution in [2.45, 2.75) is 46.3 Å². The first kappa shape index (κ1) is 16.4. The van der Waals surface area contributed by atoms with Gasteiger partial charge in [-0.3, -0.25) is 0 Å². The second-order valence-corrected chi connectivity index (χ2v) is 6.29. The van der Waals surface area contributed by atoms with E-state index in [2.05, 4.69) is 49.2 Å². The molecule has 1 rings (SSSR count). The average molecular weight is 281 g/mol. The maximum atomic E-state index is 4.60. The number of aromatic nitrogens is 2. The molecule has 0 aliphatic carbocycles. The molecule has 1 N–H and O–H groups in total. The van der Waals surface area contributed by atoms with Gasteiger partial charge in [0.15, 0.2) is 0 Å². The van der Waals surface area contributed by atoms with Crippen molar-refractivity contribution in [3.63, 3.8) is 0 Å². The highest BCUT2D eigenvalue weighted by Crippen LogP contribution is 2.14. The van der Waals surface area contributed by atoms with Crippen LogP contribution >= 0.6 is 11.8 Å². The van der Waals surface area contributed by atoms with E-state index in [0.29, 0.717) is 0 Å². The molecular formula is C15H27N3S. The SMILES string of the molecule is CSCc1nc(C)c(CCCNCC(C)C)c(C)n1. The topological polar surface area (TPSA) is 37.8 Å². The van der Waals surface area contributed by atoms with E-state index in [0.717, 1.165) is 54.8 Å². The second kappa shape index (κ2) is 8.54. The van der Waals surface area contributed by atoms with Crippen molar-refractivity contribution in [1.82, 2.24) is 15.3 Å². The summed E-state index contributed by atoms with van der Waals surface area (Å²) in [6.07, 6.45) is 4.31. The summed E-state index contributed by atoms with van der Waals surface area (Å²) in [4.78, 5) is 9.20. The zero-order valence-corrected chi connectivity index (χ0v) is 13.7. The number of hydrogen-bond donors (Lipinski definition) is 1. The predicted octanol–water partition coefficient (Wildman–Crippen LogP) is 3.13. The summed E-state index contributed by atoms with van der Waals surface area (Å²) >= 11 is 1.77. The highest BCUT2D eigenvalue weighted by Gasteiger charge is 2.08. The first-order valence-electron chi connectivity index (χ1n) is 7.07. The van der Waals surface area contributed by atoms with Crippen LogP contribution in [0, 0.1) is 19.8 Å². The summed E-state index contributed by atoms with van der Waals surface area (Å²) in [5.74, 6) is 2.58. The van der Waals surface area contributed by atoms with Gasteiger partial charge in [-0.25, -0.2) is 9.97 Å². The molecule has 0 saturated carbocycles. The lowest BCUT2D eigenvalue weighted by Crippen LogP contribution is -2.21. The third kappa shape index (κ3) is 5.91. The lowest BCUT2D eigenvalue weighted by molar-refractivity contribution is 0.542. The van der Waals surface area contributed by atoms with E-state index >= 15 is 0 Å². The maximum absolute atomic E-state index is 4.60. The van der Waals surface area contributed by atoms with E-state index in [-0.39, 0.29) is 0 Å². The summed E-state index contributed by atoms with van der Waals surface area (Å²) < 4.78 is 0. The molecule has 0 aliphatic heterocycles. The molecule has 0 radical (unpaired) electrons. The molecule has 0 amide bonds. The summed E-state index contributed by atoms with van der Waals surface area (Å²) in [6.45, 7) is 10.9. The van der Waals surface area contributed by atoms with E-state index in [1.807, 2.05) is 0 Å². The largest absolute Gasteiger partial charge is 0.316 e. The number of nitrogens with zero attached hydrogens (tertiary/aromatic N) is 2. The average Bonchev–Trinajstić information content (AvgIpc) is 2.31. The molecule has 0 unspecified atom stereocenters. The molecule has 0 aromatic carbocycles. The van der Waals surface area contributed by atoms with E-state index in [1.54, 1.807) is 11.8 Å². The van der Waals surface area contributed by atoms with Crippen molar-refractivity contribution < 1.29 is 0 Å². The minimum Gasteiger partial charge on any atom is -0.316 e. The third-order valence-electron chi connectivity index (χ3n) is 3.07. The molecule has 0 aliphatic rings. The summed E-state index contributed by atoms with van der Waals surface area (Å²) in [7, 11) is 0. The molecule has 0 atom stereocenters. The van der Waals surface area contributed by atoms with Gasteiger partial charge in [-0.2, -0.15) is 11.8 Å². The number of thioether (sulfide) groups is 1. The molecule has 0 spiro atoms. The lowest BCUT2D eigenvalue weighted by atomic mass is 10.1. The van der Waals surface area contributed by atoms with Crippen LogP contribution in [-0.4, -0.2) is 29.3 Å². The minimum absolute atomic E-state index is 0.720. The molecule has 1 aromatic rings. The molecule has 4 heteroatoms. The van der Waals surface area contributed by atoms with Crippen LogP contribution in [0.3, 0.4) is 0 Å². The van der Waals surface area contributed by atoms with Gasteiger partial charge in [0.1, 0.15) is 5.82 Å². The van der Waals surface area contributed by atoms with Gasteiger partial charge >= 0.3 is 0 Å². The van der Waals surface area contributed by atoms with Crippen molar-refractivity contribution in [3.8, 4) is 0 Å². The second-order valence-electron chi connectivity index (χ2n) is 5.42. The number of aryl methyl sites for hydroxylation is 2. The first-order valence-corrected chi connectivity index (χ1v) is 8.46. The van der Waals surface area contributed by atoms with Gasteiger partial charge in [0.2, 0.25) is 0 Å². The molecule has 1 aromatic heterocycles. The molecule has 0 fully saturated rings. The van der Waals surface area contributed by atoms with Gasteiger partial charge in [0.25, 0.3) is 0 Å². The third-order valence-corrected chi connectivity index (χ3v) is 3.62. The minimum atomic E-state index is 0.720. The number of nitrogens with one attached hydrogen (secondary N) is 1. The fourth-order valence-electron chi connectivity index (χ4n) is 2.15. The van der Waals surface area contributed by atoms with Crippen LogP contribution in [0.5, 0.6) is 0 Å².